The zero-order valence-electron chi connectivity index (χ0n) is 13.2. The van der Waals surface area contributed by atoms with Gasteiger partial charge in [-0.15, -0.1) is 0 Å². The van der Waals surface area contributed by atoms with E-state index in [0.29, 0.717) is 12.3 Å². The highest BCUT2D eigenvalue weighted by molar-refractivity contribution is 5.77. The normalized spacial score (nSPS) is 10.1. The molecule has 0 heterocycles. The van der Waals surface area contributed by atoms with Crippen molar-refractivity contribution in [2.45, 2.75) is 20.4 Å². The summed E-state index contributed by atoms with van der Waals surface area (Å²) in [7, 11) is 1.65. The van der Waals surface area contributed by atoms with Gasteiger partial charge in [-0.1, -0.05) is 29.8 Å². The van der Waals surface area contributed by atoms with Crippen molar-refractivity contribution in [2.24, 2.45) is 0 Å². The Morgan fingerprint density at radius 1 is 1.09 bits per heavy atom. The molecule has 0 bridgehead atoms. The highest BCUT2D eigenvalue weighted by atomic mass is 16.5. The Labute approximate surface area is 131 Å². The highest BCUT2D eigenvalue weighted by Gasteiger charge is 2.04. The lowest BCUT2D eigenvalue weighted by Gasteiger charge is -2.10. The van der Waals surface area contributed by atoms with Gasteiger partial charge in [-0.2, -0.15) is 0 Å². The van der Waals surface area contributed by atoms with Crippen molar-refractivity contribution < 1.29 is 14.3 Å². The first kappa shape index (κ1) is 15.9. The summed E-state index contributed by atoms with van der Waals surface area (Å²) in [6, 6.07) is 13.5. The molecule has 0 unspecified atom stereocenters. The SMILES string of the molecule is COc1ccc(CNC(=O)COc2ccc(C)cc2)cc1C. The van der Waals surface area contributed by atoms with Gasteiger partial charge in [0.15, 0.2) is 6.61 Å². The lowest BCUT2D eigenvalue weighted by molar-refractivity contribution is -0.123. The van der Waals surface area contributed by atoms with E-state index in [1.165, 1.54) is 0 Å². The maximum atomic E-state index is 11.8. The average Bonchev–Trinajstić information content (AvgIpc) is 2.52. The maximum absolute atomic E-state index is 11.8. The molecule has 22 heavy (non-hydrogen) atoms. The molecule has 0 aliphatic carbocycles. The Balaban J connectivity index is 1.80. The molecule has 2 aromatic carbocycles. The number of ether oxygens (including phenoxy) is 2. The van der Waals surface area contributed by atoms with Gasteiger partial charge in [-0.05, 0) is 43.2 Å². The van der Waals surface area contributed by atoms with Crippen LogP contribution in [0, 0.1) is 13.8 Å². The van der Waals surface area contributed by atoms with E-state index in [0.717, 1.165) is 22.4 Å². The number of nitrogens with one attached hydrogen (secondary N) is 1. The number of hydrogen-bond acceptors (Lipinski definition) is 3. The molecular formula is C18H21NO3. The molecule has 116 valence electrons. The second-order valence-corrected chi connectivity index (χ2v) is 5.18. The number of carbonyl (C=O) groups is 1. The minimum absolute atomic E-state index is 0.0121. The fourth-order valence-electron chi connectivity index (χ4n) is 2.09. The topological polar surface area (TPSA) is 47.6 Å². The highest BCUT2D eigenvalue weighted by Crippen LogP contribution is 2.18. The van der Waals surface area contributed by atoms with Crippen LogP contribution in [0.15, 0.2) is 42.5 Å². The molecule has 2 rings (SSSR count). The lowest BCUT2D eigenvalue weighted by Crippen LogP contribution is -2.28. The second kappa shape index (κ2) is 7.50. The van der Waals surface area contributed by atoms with Crippen molar-refractivity contribution >= 4 is 5.91 Å². The van der Waals surface area contributed by atoms with Gasteiger partial charge in [0.1, 0.15) is 11.5 Å². The molecule has 0 spiro atoms. The minimum Gasteiger partial charge on any atom is -0.496 e. The van der Waals surface area contributed by atoms with Crippen LogP contribution < -0.4 is 14.8 Å². The Bertz CT molecular complexity index is 635. The molecule has 0 saturated heterocycles. The van der Waals surface area contributed by atoms with Gasteiger partial charge in [0, 0.05) is 6.54 Å². The smallest absolute Gasteiger partial charge is 0.258 e. The number of hydrogen-bond donors (Lipinski definition) is 1. The molecule has 2 aromatic rings. The number of aryl methyl sites for hydroxylation is 2. The third-order valence-electron chi connectivity index (χ3n) is 3.34. The molecule has 4 nitrogen and oxygen atoms in total. The van der Waals surface area contributed by atoms with Crippen LogP contribution >= 0.6 is 0 Å². The molecule has 0 aliphatic rings. The van der Waals surface area contributed by atoms with Gasteiger partial charge in [-0.3, -0.25) is 4.79 Å². The Morgan fingerprint density at radius 2 is 1.82 bits per heavy atom. The van der Waals surface area contributed by atoms with E-state index in [-0.39, 0.29) is 12.5 Å². The quantitative estimate of drug-likeness (QED) is 0.892. The zero-order chi connectivity index (χ0) is 15.9. The van der Waals surface area contributed by atoms with Gasteiger partial charge in [-0.25, -0.2) is 0 Å². The summed E-state index contributed by atoms with van der Waals surface area (Å²) in [4.78, 5) is 11.8. The molecular weight excluding hydrogens is 278 g/mol. The van der Waals surface area contributed by atoms with Gasteiger partial charge >= 0.3 is 0 Å². The summed E-state index contributed by atoms with van der Waals surface area (Å²) in [6.45, 7) is 4.47. The third-order valence-corrected chi connectivity index (χ3v) is 3.34. The van der Waals surface area contributed by atoms with Crippen LogP contribution in [0.4, 0.5) is 0 Å². The summed E-state index contributed by atoms with van der Waals surface area (Å²) in [5.41, 5.74) is 3.24. The van der Waals surface area contributed by atoms with Crippen LogP contribution in [0.3, 0.4) is 0 Å². The summed E-state index contributed by atoms with van der Waals surface area (Å²) < 4.78 is 10.7. The molecule has 0 saturated carbocycles. The standard InChI is InChI=1S/C18H21NO3/c1-13-4-7-16(8-5-13)22-12-18(20)19-11-15-6-9-17(21-3)14(2)10-15/h4-10H,11-12H2,1-3H3,(H,19,20). The lowest BCUT2D eigenvalue weighted by atomic mass is 10.1. The summed E-state index contributed by atoms with van der Waals surface area (Å²) >= 11 is 0. The predicted octanol–water partition coefficient (Wildman–Crippen LogP) is 3.01. The summed E-state index contributed by atoms with van der Waals surface area (Å²) in [5, 5.41) is 2.84. The first-order valence-corrected chi connectivity index (χ1v) is 7.18. The number of benzene rings is 2. The van der Waals surface area contributed by atoms with Gasteiger partial charge in [0.25, 0.3) is 5.91 Å². The first-order chi connectivity index (χ1) is 10.6. The molecule has 0 fully saturated rings. The van der Waals surface area contributed by atoms with E-state index in [1.54, 1.807) is 7.11 Å². The van der Waals surface area contributed by atoms with E-state index >= 15 is 0 Å². The molecule has 0 atom stereocenters. The third kappa shape index (κ3) is 4.52. The van der Waals surface area contributed by atoms with Crippen molar-refractivity contribution in [3.63, 3.8) is 0 Å². The van der Waals surface area contributed by atoms with Crippen molar-refractivity contribution in [3.8, 4) is 11.5 Å². The van der Waals surface area contributed by atoms with Crippen LogP contribution in [0.25, 0.3) is 0 Å². The average molecular weight is 299 g/mol. The van der Waals surface area contributed by atoms with E-state index in [1.807, 2.05) is 56.3 Å². The minimum atomic E-state index is -0.144. The number of rotatable bonds is 6. The predicted molar refractivity (Wildman–Crippen MR) is 86.3 cm³/mol. The summed E-state index contributed by atoms with van der Waals surface area (Å²) in [5.74, 6) is 1.40. The van der Waals surface area contributed by atoms with E-state index in [4.69, 9.17) is 9.47 Å². The van der Waals surface area contributed by atoms with Crippen molar-refractivity contribution in [3.05, 3.63) is 59.2 Å². The summed E-state index contributed by atoms with van der Waals surface area (Å²) in [6.07, 6.45) is 0. The van der Waals surface area contributed by atoms with Gasteiger partial charge < -0.3 is 14.8 Å². The van der Waals surface area contributed by atoms with E-state index < -0.39 is 0 Å². The van der Waals surface area contributed by atoms with Crippen LogP contribution in [0.2, 0.25) is 0 Å². The van der Waals surface area contributed by atoms with Crippen molar-refractivity contribution in [1.82, 2.24) is 5.32 Å². The second-order valence-electron chi connectivity index (χ2n) is 5.18. The number of amides is 1. The zero-order valence-corrected chi connectivity index (χ0v) is 13.2. The number of methoxy groups -OCH3 is 1. The van der Waals surface area contributed by atoms with Crippen molar-refractivity contribution in [1.29, 1.82) is 0 Å². The largest absolute Gasteiger partial charge is 0.496 e. The molecule has 4 heteroatoms. The molecule has 0 aromatic heterocycles. The van der Waals surface area contributed by atoms with Crippen molar-refractivity contribution in [2.75, 3.05) is 13.7 Å². The first-order valence-electron chi connectivity index (χ1n) is 7.18. The van der Waals surface area contributed by atoms with Crippen LogP contribution in [-0.4, -0.2) is 19.6 Å². The van der Waals surface area contributed by atoms with E-state index in [9.17, 15) is 4.79 Å². The molecule has 0 aliphatic heterocycles. The maximum Gasteiger partial charge on any atom is 0.258 e. The Morgan fingerprint density at radius 3 is 2.45 bits per heavy atom. The molecule has 1 amide bonds. The fourth-order valence-corrected chi connectivity index (χ4v) is 2.09. The Kier molecular flexibility index (Phi) is 5.42. The van der Waals surface area contributed by atoms with Crippen LogP contribution in [0.1, 0.15) is 16.7 Å². The van der Waals surface area contributed by atoms with Crippen LogP contribution in [0.5, 0.6) is 11.5 Å². The van der Waals surface area contributed by atoms with Gasteiger partial charge in [0.2, 0.25) is 0 Å². The van der Waals surface area contributed by atoms with E-state index in [2.05, 4.69) is 5.32 Å². The number of carbonyl (C=O) groups excluding carboxylic acids is 1. The molecule has 0 radical (unpaired) electrons. The van der Waals surface area contributed by atoms with Crippen LogP contribution in [-0.2, 0) is 11.3 Å². The Hall–Kier alpha value is -2.49. The molecule has 1 N–H and O–H groups in total. The monoisotopic (exact) mass is 299 g/mol. The fraction of sp³-hybridized carbons (Fsp3) is 0.278. The van der Waals surface area contributed by atoms with Gasteiger partial charge in [0.05, 0.1) is 7.11 Å².